The monoisotopic (exact) mass is 453 g/mol. The summed E-state index contributed by atoms with van der Waals surface area (Å²) in [6.45, 7) is 4.23. The molecule has 0 saturated heterocycles. The highest BCUT2D eigenvalue weighted by Gasteiger charge is 2.34. The smallest absolute Gasteiger partial charge is 0.310 e. The van der Waals surface area contributed by atoms with Crippen LogP contribution in [0.15, 0.2) is 29.4 Å². The van der Waals surface area contributed by atoms with E-state index in [0.29, 0.717) is 41.4 Å². The number of carbonyl (C=O) groups is 3. The van der Waals surface area contributed by atoms with Gasteiger partial charge in [0.1, 0.15) is 0 Å². The maximum absolute atomic E-state index is 12.4. The van der Waals surface area contributed by atoms with Crippen LogP contribution in [0.5, 0.6) is 0 Å². The molecule has 0 bridgehead atoms. The molecule has 4 rings (SSSR count). The summed E-state index contributed by atoms with van der Waals surface area (Å²) in [5, 5.41) is 5.01. The van der Waals surface area contributed by atoms with Gasteiger partial charge < -0.3 is 4.74 Å². The second-order valence-electron chi connectivity index (χ2n) is 7.48. The third-order valence-corrected chi connectivity index (χ3v) is 5.99. The lowest BCUT2D eigenvalue weighted by atomic mass is 10.1. The number of benzene rings is 1. The van der Waals surface area contributed by atoms with Crippen LogP contribution in [0.1, 0.15) is 50.5 Å². The molecule has 2 aromatic heterocycles. The number of nitrogens with zero attached hydrogens (tertiary/aromatic N) is 5. The maximum atomic E-state index is 12.4. The number of imide groups is 1. The van der Waals surface area contributed by atoms with Gasteiger partial charge in [-0.3, -0.25) is 19.3 Å². The molecule has 0 spiro atoms. The van der Waals surface area contributed by atoms with E-state index in [9.17, 15) is 14.4 Å². The number of hydrogen-bond donors (Lipinski definition) is 0. The van der Waals surface area contributed by atoms with Gasteiger partial charge in [0.15, 0.2) is 0 Å². The van der Waals surface area contributed by atoms with Gasteiger partial charge in [-0.05, 0) is 45.1 Å². The lowest BCUT2D eigenvalue weighted by Gasteiger charge is -2.14. The molecule has 10 heteroatoms. The second-order valence-corrected chi connectivity index (χ2v) is 8.26. The molecule has 0 atom stereocenters. The maximum Gasteiger partial charge on any atom is 0.310 e. The molecule has 1 aliphatic rings. The summed E-state index contributed by atoms with van der Waals surface area (Å²) in [4.78, 5) is 47.1. The number of esters is 1. The normalized spacial score (nSPS) is 13.2. The predicted octanol–water partition coefficient (Wildman–Crippen LogP) is 2.63. The van der Waals surface area contributed by atoms with Crippen LogP contribution in [0.25, 0.3) is 5.78 Å². The predicted molar refractivity (Wildman–Crippen MR) is 118 cm³/mol. The molecule has 32 heavy (non-hydrogen) atoms. The van der Waals surface area contributed by atoms with Crippen molar-refractivity contribution >= 4 is 35.3 Å². The Morgan fingerprint density at radius 2 is 1.75 bits per heavy atom. The Morgan fingerprint density at radius 1 is 1.06 bits per heavy atom. The Bertz CT molecular complexity index is 1190. The Balaban J connectivity index is 1.27. The van der Waals surface area contributed by atoms with Crippen LogP contribution in [0.2, 0.25) is 0 Å². The zero-order valence-corrected chi connectivity index (χ0v) is 18.9. The quantitative estimate of drug-likeness (QED) is 0.222. The van der Waals surface area contributed by atoms with E-state index in [4.69, 9.17) is 4.74 Å². The Kier molecular flexibility index (Phi) is 6.22. The number of unbranched alkanes of at least 4 members (excludes halogenated alkanes) is 1. The van der Waals surface area contributed by atoms with E-state index in [0.717, 1.165) is 17.0 Å². The molecule has 1 aliphatic heterocycles. The van der Waals surface area contributed by atoms with E-state index in [-0.39, 0.29) is 30.8 Å². The van der Waals surface area contributed by atoms with Crippen LogP contribution >= 0.6 is 11.8 Å². The van der Waals surface area contributed by atoms with E-state index in [1.807, 2.05) is 20.1 Å². The first-order chi connectivity index (χ1) is 15.4. The van der Waals surface area contributed by atoms with Crippen molar-refractivity contribution in [3.8, 4) is 0 Å². The van der Waals surface area contributed by atoms with Crippen molar-refractivity contribution in [1.29, 1.82) is 0 Å². The number of fused-ring (bicyclic) bond motifs is 2. The Morgan fingerprint density at radius 3 is 2.41 bits per heavy atom. The number of carbonyl (C=O) groups excluding carboxylic acids is 3. The first-order valence-electron chi connectivity index (χ1n) is 10.3. The van der Waals surface area contributed by atoms with Crippen LogP contribution in [-0.2, 0) is 16.0 Å². The average Bonchev–Trinajstić information content (AvgIpc) is 3.31. The first kappa shape index (κ1) is 21.9. The summed E-state index contributed by atoms with van der Waals surface area (Å²) in [5.74, 6) is -0.388. The molecule has 0 N–H and O–H groups in total. The van der Waals surface area contributed by atoms with Gasteiger partial charge in [0, 0.05) is 23.5 Å². The second kappa shape index (κ2) is 9.07. The van der Waals surface area contributed by atoms with E-state index >= 15 is 0 Å². The van der Waals surface area contributed by atoms with Crippen LogP contribution in [0.4, 0.5) is 0 Å². The van der Waals surface area contributed by atoms with Crippen molar-refractivity contribution in [3.05, 3.63) is 52.3 Å². The van der Waals surface area contributed by atoms with E-state index in [1.165, 1.54) is 16.7 Å². The van der Waals surface area contributed by atoms with Crippen molar-refractivity contribution in [1.82, 2.24) is 24.5 Å². The third-order valence-electron chi connectivity index (χ3n) is 5.45. The summed E-state index contributed by atoms with van der Waals surface area (Å²) >= 11 is 1.43. The van der Waals surface area contributed by atoms with Crippen LogP contribution in [0.3, 0.4) is 0 Å². The summed E-state index contributed by atoms with van der Waals surface area (Å²) < 4.78 is 7.01. The minimum Gasteiger partial charge on any atom is -0.465 e. The number of ether oxygens (including phenoxy) is 1. The topological polar surface area (TPSA) is 107 Å². The molecule has 0 fully saturated rings. The third kappa shape index (κ3) is 4.10. The summed E-state index contributed by atoms with van der Waals surface area (Å²) in [6, 6.07) is 6.81. The number of hydrogen-bond acceptors (Lipinski definition) is 8. The molecule has 3 heterocycles. The average molecular weight is 454 g/mol. The first-order valence-corrected chi connectivity index (χ1v) is 11.5. The van der Waals surface area contributed by atoms with Crippen LogP contribution < -0.4 is 0 Å². The molecular weight excluding hydrogens is 430 g/mol. The summed E-state index contributed by atoms with van der Waals surface area (Å²) in [6.07, 6.45) is 3.09. The number of aromatic nitrogens is 4. The van der Waals surface area contributed by atoms with E-state index in [1.54, 1.807) is 28.8 Å². The molecule has 0 aliphatic carbocycles. The fourth-order valence-corrected chi connectivity index (χ4v) is 4.06. The Hall–Kier alpha value is -3.27. The zero-order chi connectivity index (χ0) is 22.8. The molecule has 9 nitrogen and oxygen atoms in total. The fourth-order valence-electron chi connectivity index (χ4n) is 3.73. The molecule has 0 radical (unpaired) electrons. The highest BCUT2D eigenvalue weighted by atomic mass is 32.2. The van der Waals surface area contributed by atoms with Crippen molar-refractivity contribution in [2.24, 2.45) is 0 Å². The van der Waals surface area contributed by atoms with E-state index in [2.05, 4.69) is 15.1 Å². The van der Waals surface area contributed by atoms with Crippen LogP contribution in [0, 0.1) is 13.8 Å². The lowest BCUT2D eigenvalue weighted by molar-refractivity contribution is -0.143. The number of thioether (sulfide) groups is 1. The highest BCUT2D eigenvalue weighted by molar-refractivity contribution is 7.98. The fraction of sp³-hybridized carbons (Fsp3) is 0.364. The van der Waals surface area contributed by atoms with Gasteiger partial charge in [-0.25, -0.2) is 9.50 Å². The summed E-state index contributed by atoms with van der Waals surface area (Å²) in [5.41, 5.74) is 3.18. The van der Waals surface area contributed by atoms with Crippen molar-refractivity contribution in [3.63, 3.8) is 0 Å². The molecule has 2 amide bonds. The van der Waals surface area contributed by atoms with Gasteiger partial charge in [-0.1, -0.05) is 23.9 Å². The molecule has 3 aromatic rings. The van der Waals surface area contributed by atoms with Crippen molar-refractivity contribution in [2.75, 3.05) is 19.4 Å². The van der Waals surface area contributed by atoms with Gasteiger partial charge in [-0.2, -0.15) is 4.98 Å². The SMILES string of the molecule is CSc1nc2nc(C)c(CC(=O)OCCCCN3C(=O)c4ccccc4C3=O)c(C)n2n1. The standard InChI is InChI=1S/C22H23N5O4S/c1-13-17(14(2)27-21(23-13)24-22(25-27)32-3)12-18(28)31-11-7-6-10-26-19(29)15-8-4-5-9-16(15)20(26)30/h4-5,8-9H,6-7,10-12H2,1-3H3. The largest absolute Gasteiger partial charge is 0.465 e. The highest BCUT2D eigenvalue weighted by Crippen LogP contribution is 2.22. The zero-order valence-electron chi connectivity index (χ0n) is 18.1. The van der Waals surface area contributed by atoms with Gasteiger partial charge in [0.25, 0.3) is 17.6 Å². The molecule has 166 valence electrons. The molecule has 0 unspecified atom stereocenters. The number of amides is 2. The van der Waals surface area contributed by atoms with Gasteiger partial charge in [0.2, 0.25) is 5.16 Å². The minimum atomic E-state index is -0.358. The van der Waals surface area contributed by atoms with Crippen molar-refractivity contribution < 1.29 is 19.1 Å². The lowest BCUT2D eigenvalue weighted by Crippen LogP contribution is -2.30. The van der Waals surface area contributed by atoms with Gasteiger partial charge in [0.05, 0.1) is 24.2 Å². The number of rotatable bonds is 8. The molecular formula is C22H23N5O4S. The van der Waals surface area contributed by atoms with Crippen molar-refractivity contribution in [2.45, 2.75) is 38.3 Å². The molecule has 0 saturated carbocycles. The summed E-state index contributed by atoms with van der Waals surface area (Å²) in [7, 11) is 0. The Labute approximate surface area is 189 Å². The van der Waals surface area contributed by atoms with Gasteiger partial charge >= 0.3 is 5.97 Å². The number of aryl methyl sites for hydroxylation is 2. The van der Waals surface area contributed by atoms with E-state index < -0.39 is 0 Å². The van der Waals surface area contributed by atoms with Gasteiger partial charge in [-0.15, -0.1) is 5.10 Å². The molecule has 1 aromatic carbocycles. The van der Waals surface area contributed by atoms with Crippen LogP contribution in [-0.4, -0.2) is 61.7 Å². The minimum absolute atomic E-state index is 0.0907.